The van der Waals surface area contributed by atoms with Crippen molar-refractivity contribution < 1.29 is 14.3 Å². The van der Waals surface area contributed by atoms with Gasteiger partial charge in [-0.15, -0.1) is 12.4 Å². The third-order valence-electron chi connectivity index (χ3n) is 3.26. The van der Waals surface area contributed by atoms with Gasteiger partial charge in [-0.25, -0.2) is 4.79 Å². The van der Waals surface area contributed by atoms with Gasteiger partial charge in [0.25, 0.3) is 0 Å². The molecule has 1 aromatic rings. The van der Waals surface area contributed by atoms with Crippen molar-refractivity contribution >= 4 is 29.8 Å². The topological polar surface area (TPSA) is 64.8 Å². The van der Waals surface area contributed by atoms with Gasteiger partial charge in [-0.3, -0.25) is 0 Å². The van der Waals surface area contributed by atoms with Gasteiger partial charge in [-0.05, 0) is 25.1 Å². The number of carbonyl (C=O) groups excluding carboxylic acids is 1. The summed E-state index contributed by atoms with van der Waals surface area (Å²) in [6.07, 6.45) is 0.520. The monoisotopic (exact) mass is 298 g/mol. The molecule has 0 radical (unpaired) electrons. The van der Waals surface area contributed by atoms with E-state index in [2.05, 4.69) is 4.90 Å². The molecule has 20 heavy (non-hydrogen) atoms. The highest BCUT2D eigenvalue weighted by molar-refractivity contribution is 5.85. The van der Waals surface area contributed by atoms with E-state index < -0.39 is 0 Å². The average molecular weight is 299 g/mol. The van der Waals surface area contributed by atoms with Gasteiger partial charge >= 0.3 is 0 Å². The predicted molar refractivity (Wildman–Crippen MR) is 80.0 cm³/mol. The highest BCUT2D eigenvalue weighted by atomic mass is 35.5. The molecule has 0 saturated heterocycles. The smallest absolute Gasteiger partial charge is 0.189 e. The molecule has 1 atom stereocenters. The first-order valence-corrected chi connectivity index (χ1v) is 6.20. The summed E-state index contributed by atoms with van der Waals surface area (Å²) in [7, 11) is 3.20. The van der Waals surface area contributed by atoms with Gasteiger partial charge in [0.1, 0.15) is 5.94 Å². The Bertz CT molecular complexity index is 599. The molecule has 0 aromatic heterocycles. The van der Waals surface area contributed by atoms with Crippen molar-refractivity contribution in [3.8, 4) is 0 Å². The molecule has 0 saturated carbocycles. The van der Waals surface area contributed by atoms with E-state index in [1.54, 1.807) is 20.3 Å². The van der Waals surface area contributed by atoms with Gasteiger partial charge < -0.3 is 20.1 Å². The zero-order chi connectivity index (χ0) is 13.8. The zero-order valence-corrected chi connectivity index (χ0v) is 12.4. The van der Waals surface area contributed by atoms with Gasteiger partial charge in [0.2, 0.25) is 0 Å². The van der Waals surface area contributed by atoms with Crippen LogP contribution in [0.15, 0.2) is 18.2 Å². The molecular formula is C14H19ClN2O3. The normalized spacial score (nSPS) is 16.4. The first kappa shape index (κ1) is 16.5. The molecule has 2 rings (SSSR count). The Morgan fingerprint density at radius 3 is 2.70 bits per heavy atom. The summed E-state index contributed by atoms with van der Waals surface area (Å²) in [6.45, 7) is 1.35. The van der Waals surface area contributed by atoms with E-state index in [4.69, 9.17) is 15.2 Å². The number of nitrogens with zero attached hydrogens (tertiary/aromatic N) is 1. The summed E-state index contributed by atoms with van der Waals surface area (Å²) in [6, 6.07) is 5.51. The largest absolute Gasteiger partial charge is 0.496 e. The fourth-order valence-corrected chi connectivity index (χ4v) is 2.45. The van der Waals surface area contributed by atoms with Crippen LogP contribution >= 0.6 is 12.4 Å². The van der Waals surface area contributed by atoms with Crippen molar-refractivity contribution in [2.75, 3.05) is 32.2 Å². The number of hydrogen-bond donors (Lipinski definition) is 1. The predicted octanol–water partition coefficient (Wildman–Crippen LogP) is -0.492. The molecule has 0 amide bonds. The third kappa shape index (κ3) is 2.67. The van der Waals surface area contributed by atoms with Crippen LogP contribution in [0.3, 0.4) is 0 Å². The molecule has 0 aliphatic carbocycles. The molecule has 1 aliphatic rings. The number of rotatable bonds is 5. The fourth-order valence-electron chi connectivity index (χ4n) is 2.45. The lowest BCUT2D eigenvalue weighted by atomic mass is 10.2. The molecule has 1 unspecified atom stereocenters. The number of anilines is 1. The van der Waals surface area contributed by atoms with Crippen LogP contribution in [-0.4, -0.2) is 39.5 Å². The maximum atomic E-state index is 11.1. The third-order valence-corrected chi connectivity index (χ3v) is 3.26. The Balaban J connectivity index is 0.00000200. The van der Waals surface area contributed by atoms with Crippen molar-refractivity contribution in [3.05, 3.63) is 28.6 Å². The minimum atomic E-state index is -0.318. The van der Waals surface area contributed by atoms with Crippen LogP contribution in [0.1, 0.15) is 6.42 Å². The molecule has 1 heterocycles. The van der Waals surface area contributed by atoms with Gasteiger partial charge in [0.15, 0.2) is 12.0 Å². The lowest BCUT2D eigenvalue weighted by Gasteiger charge is -2.27. The van der Waals surface area contributed by atoms with Gasteiger partial charge in [-0.2, -0.15) is 0 Å². The van der Waals surface area contributed by atoms with Gasteiger partial charge in [0.05, 0.1) is 23.2 Å². The summed E-state index contributed by atoms with van der Waals surface area (Å²) in [5, 5.41) is 1.26. The van der Waals surface area contributed by atoms with E-state index in [-0.39, 0.29) is 18.6 Å². The van der Waals surface area contributed by atoms with Crippen molar-refractivity contribution in [3.63, 3.8) is 0 Å². The molecular weight excluding hydrogens is 280 g/mol. The fraction of sp³-hybridized carbons (Fsp3) is 0.429. The molecule has 1 aromatic carbocycles. The summed E-state index contributed by atoms with van der Waals surface area (Å²) in [5.74, 6) is 2.60. The molecule has 1 aliphatic heterocycles. The molecule has 110 valence electrons. The van der Waals surface area contributed by atoms with Crippen molar-refractivity contribution in [1.82, 2.24) is 0 Å². The number of methoxy groups -OCH3 is 2. The average Bonchev–Trinajstić information content (AvgIpc) is 2.77. The highest BCUT2D eigenvalue weighted by Gasteiger charge is 2.32. The quantitative estimate of drug-likeness (QED) is 0.794. The van der Waals surface area contributed by atoms with Crippen LogP contribution in [0.25, 0.3) is 5.76 Å². The van der Waals surface area contributed by atoms with Crippen LogP contribution in [-0.2, 0) is 14.3 Å². The summed E-state index contributed by atoms with van der Waals surface area (Å²) >= 11 is 0. The summed E-state index contributed by atoms with van der Waals surface area (Å²) in [4.78, 5) is 13.1. The molecule has 5 nitrogen and oxygen atoms in total. The Kier molecular flexibility index (Phi) is 6.05. The van der Waals surface area contributed by atoms with E-state index in [0.29, 0.717) is 17.5 Å². The van der Waals surface area contributed by atoms with E-state index in [1.165, 1.54) is 0 Å². The summed E-state index contributed by atoms with van der Waals surface area (Å²) < 4.78 is 10.9. The Morgan fingerprint density at radius 1 is 1.40 bits per heavy atom. The van der Waals surface area contributed by atoms with Crippen LogP contribution in [0.4, 0.5) is 5.69 Å². The molecule has 0 bridgehead atoms. The van der Waals surface area contributed by atoms with E-state index in [9.17, 15) is 4.79 Å². The van der Waals surface area contributed by atoms with Gasteiger partial charge in [-0.1, -0.05) is 6.07 Å². The SMILES string of the molecule is COC1=c2c(cccc2=C=O)N(CCCN)C1OC.Cl. The molecule has 6 heteroatoms. The number of fused-ring (bicyclic) bond motifs is 1. The zero-order valence-electron chi connectivity index (χ0n) is 11.6. The molecule has 0 spiro atoms. The second kappa shape index (κ2) is 7.31. The standard InChI is InChI=1S/C14H18N2O3.ClH/c1-18-13-12-10(9-17)5-3-6-11(12)16(8-4-7-15)14(13)19-2;/h3,5-6,14H,4,7-8,15H2,1-2H3;1H. The Hall–Kier alpha value is -1.52. The van der Waals surface area contributed by atoms with Gasteiger partial charge in [0, 0.05) is 13.7 Å². The van der Waals surface area contributed by atoms with Crippen molar-refractivity contribution in [1.29, 1.82) is 0 Å². The van der Waals surface area contributed by atoms with Crippen molar-refractivity contribution in [2.24, 2.45) is 5.73 Å². The number of nitrogens with two attached hydrogens (primary N) is 1. The molecule has 2 N–H and O–H groups in total. The van der Waals surface area contributed by atoms with Crippen LogP contribution in [0, 0.1) is 0 Å². The highest BCUT2D eigenvalue weighted by Crippen LogP contribution is 2.25. The first-order valence-electron chi connectivity index (χ1n) is 6.20. The second-order valence-electron chi connectivity index (χ2n) is 4.29. The second-order valence-corrected chi connectivity index (χ2v) is 4.29. The van der Waals surface area contributed by atoms with Crippen LogP contribution < -0.4 is 21.1 Å². The summed E-state index contributed by atoms with van der Waals surface area (Å²) in [5.41, 5.74) is 6.50. The van der Waals surface area contributed by atoms with E-state index >= 15 is 0 Å². The number of benzene rings is 1. The maximum absolute atomic E-state index is 11.1. The maximum Gasteiger partial charge on any atom is 0.189 e. The van der Waals surface area contributed by atoms with E-state index in [0.717, 1.165) is 23.9 Å². The van der Waals surface area contributed by atoms with Crippen LogP contribution in [0.2, 0.25) is 0 Å². The lowest BCUT2D eigenvalue weighted by molar-refractivity contribution is 0.116. The van der Waals surface area contributed by atoms with Crippen LogP contribution in [0.5, 0.6) is 0 Å². The van der Waals surface area contributed by atoms with E-state index in [1.807, 2.05) is 18.1 Å². The molecule has 0 fully saturated rings. The number of halogens is 1. The van der Waals surface area contributed by atoms with Crippen molar-refractivity contribution in [2.45, 2.75) is 12.6 Å². The Labute approximate surface area is 124 Å². The lowest BCUT2D eigenvalue weighted by Crippen LogP contribution is -2.36. The minimum absolute atomic E-state index is 0. The first-order chi connectivity index (χ1) is 9.28. The number of ether oxygens (including phenoxy) is 2. The minimum Gasteiger partial charge on any atom is -0.496 e. The number of hydrogen-bond acceptors (Lipinski definition) is 5. The Morgan fingerprint density at radius 2 is 2.15 bits per heavy atom.